The Labute approximate surface area is 112 Å². The van der Waals surface area contributed by atoms with Crippen molar-refractivity contribution in [1.82, 2.24) is 0 Å². The van der Waals surface area contributed by atoms with Gasteiger partial charge in [0.2, 0.25) is 0 Å². The maximum atomic E-state index is 13.4. The van der Waals surface area contributed by atoms with Crippen LogP contribution < -0.4 is 4.74 Å². The molecule has 1 atom stereocenters. The number of ether oxygens (including phenoxy) is 1. The predicted molar refractivity (Wildman–Crippen MR) is 72.8 cm³/mol. The Morgan fingerprint density at radius 3 is 2.63 bits per heavy atom. The minimum Gasteiger partial charge on any atom is -0.493 e. The van der Waals surface area contributed by atoms with Crippen LogP contribution >= 0.6 is 0 Å². The minimum absolute atomic E-state index is 0.344. The summed E-state index contributed by atoms with van der Waals surface area (Å²) in [5, 5.41) is 10.4. The van der Waals surface area contributed by atoms with Crippen molar-refractivity contribution >= 4 is 0 Å². The summed E-state index contributed by atoms with van der Waals surface area (Å²) in [5.74, 6) is 0.280. The standard InChI is InChI=1S/C16H17FO2/c1-3-19-15-7-5-4-6-14(15)16(18)12-8-11(2)9-13(17)10-12/h4-10,16,18H,3H2,1-2H3. The molecule has 0 saturated heterocycles. The normalized spacial score (nSPS) is 12.2. The van der Waals surface area contributed by atoms with Crippen molar-refractivity contribution in [2.45, 2.75) is 20.0 Å². The maximum Gasteiger partial charge on any atom is 0.125 e. The number of aryl methyl sites for hydroxylation is 1. The molecule has 0 fully saturated rings. The van der Waals surface area contributed by atoms with Gasteiger partial charge in [-0.15, -0.1) is 0 Å². The SMILES string of the molecule is CCOc1ccccc1C(O)c1cc(C)cc(F)c1. The molecule has 0 heterocycles. The van der Waals surface area contributed by atoms with Crippen molar-refractivity contribution in [3.8, 4) is 5.75 Å². The first kappa shape index (κ1) is 13.6. The van der Waals surface area contributed by atoms with E-state index in [-0.39, 0.29) is 5.82 Å². The largest absolute Gasteiger partial charge is 0.493 e. The van der Waals surface area contributed by atoms with E-state index >= 15 is 0 Å². The van der Waals surface area contributed by atoms with E-state index in [1.54, 1.807) is 25.1 Å². The number of para-hydroxylation sites is 1. The van der Waals surface area contributed by atoms with E-state index in [2.05, 4.69) is 0 Å². The van der Waals surface area contributed by atoms with Crippen LogP contribution in [0.15, 0.2) is 42.5 Å². The number of aliphatic hydroxyl groups is 1. The quantitative estimate of drug-likeness (QED) is 0.909. The van der Waals surface area contributed by atoms with Crippen LogP contribution in [0.25, 0.3) is 0 Å². The summed E-state index contributed by atoms with van der Waals surface area (Å²) in [6.07, 6.45) is -0.892. The fraction of sp³-hybridized carbons (Fsp3) is 0.250. The van der Waals surface area contributed by atoms with Gasteiger partial charge < -0.3 is 9.84 Å². The van der Waals surface area contributed by atoms with Gasteiger partial charge in [0.25, 0.3) is 0 Å². The molecule has 1 unspecified atom stereocenters. The summed E-state index contributed by atoms with van der Waals surface area (Å²) in [7, 11) is 0. The van der Waals surface area contributed by atoms with Gasteiger partial charge in [-0.1, -0.05) is 24.3 Å². The Morgan fingerprint density at radius 2 is 1.95 bits per heavy atom. The van der Waals surface area contributed by atoms with Gasteiger partial charge in [-0.25, -0.2) is 4.39 Å². The number of hydrogen-bond acceptors (Lipinski definition) is 2. The molecule has 0 bridgehead atoms. The second kappa shape index (κ2) is 5.85. The smallest absolute Gasteiger partial charge is 0.125 e. The molecule has 2 aromatic rings. The van der Waals surface area contributed by atoms with E-state index in [4.69, 9.17) is 4.74 Å². The zero-order valence-corrected chi connectivity index (χ0v) is 11.1. The molecular formula is C16H17FO2. The Balaban J connectivity index is 2.40. The first-order valence-electron chi connectivity index (χ1n) is 6.28. The zero-order chi connectivity index (χ0) is 13.8. The third-order valence-electron chi connectivity index (χ3n) is 2.89. The molecule has 0 saturated carbocycles. The molecule has 2 aromatic carbocycles. The monoisotopic (exact) mass is 260 g/mol. The van der Waals surface area contributed by atoms with Crippen LogP contribution in [-0.4, -0.2) is 11.7 Å². The average Bonchev–Trinajstić information content (AvgIpc) is 2.38. The van der Waals surface area contributed by atoms with Gasteiger partial charge in [0.05, 0.1) is 6.61 Å². The lowest BCUT2D eigenvalue weighted by Gasteiger charge is -2.16. The van der Waals surface area contributed by atoms with Crippen LogP contribution in [0.1, 0.15) is 29.7 Å². The summed E-state index contributed by atoms with van der Waals surface area (Å²) in [6.45, 7) is 4.20. The summed E-state index contributed by atoms with van der Waals surface area (Å²) in [6, 6.07) is 11.8. The third-order valence-corrected chi connectivity index (χ3v) is 2.89. The second-order valence-electron chi connectivity index (χ2n) is 4.44. The first-order valence-corrected chi connectivity index (χ1v) is 6.28. The summed E-state index contributed by atoms with van der Waals surface area (Å²) < 4.78 is 18.9. The lowest BCUT2D eigenvalue weighted by atomic mass is 9.99. The Hall–Kier alpha value is -1.87. The van der Waals surface area contributed by atoms with Crippen LogP contribution in [0.2, 0.25) is 0 Å². The lowest BCUT2D eigenvalue weighted by molar-refractivity contribution is 0.211. The van der Waals surface area contributed by atoms with Crippen molar-refractivity contribution in [2.24, 2.45) is 0 Å². The molecule has 0 spiro atoms. The molecule has 2 rings (SSSR count). The van der Waals surface area contributed by atoms with Gasteiger partial charge in [0, 0.05) is 5.56 Å². The lowest BCUT2D eigenvalue weighted by Crippen LogP contribution is -2.04. The van der Waals surface area contributed by atoms with E-state index in [0.29, 0.717) is 23.5 Å². The van der Waals surface area contributed by atoms with Crippen molar-refractivity contribution < 1.29 is 14.2 Å². The number of halogens is 1. The predicted octanol–water partition coefficient (Wildman–Crippen LogP) is 3.61. The van der Waals surface area contributed by atoms with E-state index < -0.39 is 6.10 Å². The number of benzene rings is 2. The topological polar surface area (TPSA) is 29.5 Å². The highest BCUT2D eigenvalue weighted by molar-refractivity contribution is 5.41. The second-order valence-corrected chi connectivity index (χ2v) is 4.44. The molecular weight excluding hydrogens is 243 g/mol. The first-order chi connectivity index (χ1) is 9.11. The van der Waals surface area contributed by atoms with Crippen LogP contribution in [0.3, 0.4) is 0 Å². The Morgan fingerprint density at radius 1 is 1.21 bits per heavy atom. The van der Waals surface area contributed by atoms with Crippen molar-refractivity contribution in [1.29, 1.82) is 0 Å². The van der Waals surface area contributed by atoms with E-state index in [9.17, 15) is 9.50 Å². The van der Waals surface area contributed by atoms with Crippen molar-refractivity contribution in [2.75, 3.05) is 6.61 Å². The molecule has 100 valence electrons. The molecule has 2 nitrogen and oxygen atoms in total. The maximum absolute atomic E-state index is 13.4. The number of hydrogen-bond donors (Lipinski definition) is 1. The molecule has 0 aliphatic carbocycles. The van der Waals surface area contributed by atoms with Crippen LogP contribution in [0.5, 0.6) is 5.75 Å². The highest BCUT2D eigenvalue weighted by atomic mass is 19.1. The van der Waals surface area contributed by atoms with Crippen LogP contribution in [0, 0.1) is 12.7 Å². The number of aliphatic hydroxyl groups excluding tert-OH is 1. The van der Waals surface area contributed by atoms with E-state index in [1.807, 2.05) is 19.1 Å². The van der Waals surface area contributed by atoms with Crippen molar-refractivity contribution in [3.63, 3.8) is 0 Å². The fourth-order valence-electron chi connectivity index (χ4n) is 2.10. The zero-order valence-electron chi connectivity index (χ0n) is 11.1. The highest BCUT2D eigenvalue weighted by Gasteiger charge is 2.16. The van der Waals surface area contributed by atoms with Gasteiger partial charge in [-0.3, -0.25) is 0 Å². The van der Waals surface area contributed by atoms with Gasteiger partial charge in [-0.2, -0.15) is 0 Å². The number of rotatable bonds is 4. The van der Waals surface area contributed by atoms with Crippen LogP contribution in [-0.2, 0) is 0 Å². The van der Waals surface area contributed by atoms with E-state index in [0.717, 1.165) is 5.56 Å². The van der Waals surface area contributed by atoms with Gasteiger partial charge in [0.1, 0.15) is 17.7 Å². The summed E-state index contributed by atoms with van der Waals surface area (Å²) in [5.41, 5.74) is 1.96. The van der Waals surface area contributed by atoms with Crippen LogP contribution in [0.4, 0.5) is 4.39 Å². The molecule has 0 amide bonds. The van der Waals surface area contributed by atoms with Crippen molar-refractivity contribution in [3.05, 3.63) is 65.0 Å². The third kappa shape index (κ3) is 3.12. The van der Waals surface area contributed by atoms with E-state index in [1.165, 1.54) is 12.1 Å². The molecule has 3 heteroatoms. The summed E-state index contributed by atoms with van der Waals surface area (Å²) >= 11 is 0. The fourth-order valence-corrected chi connectivity index (χ4v) is 2.10. The molecule has 1 N–H and O–H groups in total. The molecule has 0 aliphatic rings. The highest BCUT2D eigenvalue weighted by Crippen LogP contribution is 2.30. The minimum atomic E-state index is -0.892. The molecule has 19 heavy (non-hydrogen) atoms. The average molecular weight is 260 g/mol. The Bertz CT molecular complexity index is 546. The Kier molecular flexibility index (Phi) is 4.17. The van der Waals surface area contributed by atoms with Gasteiger partial charge in [-0.05, 0) is 43.2 Å². The molecule has 0 aromatic heterocycles. The molecule has 0 aliphatic heterocycles. The summed E-state index contributed by atoms with van der Waals surface area (Å²) in [4.78, 5) is 0. The van der Waals surface area contributed by atoms with Gasteiger partial charge in [0.15, 0.2) is 0 Å². The van der Waals surface area contributed by atoms with Gasteiger partial charge >= 0.3 is 0 Å². The molecule has 0 radical (unpaired) electrons.